The molecule has 0 radical (unpaired) electrons. The van der Waals surface area contributed by atoms with Crippen molar-refractivity contribution in [3.05, 3.63) is 0 Å². The lowest BCUT2D eigenvalue weighted by molar-refractivity contribution is -0.152. The van der Waals surface area contributed by atoms with Crippen LogP contribution in [0.2, 0.25) is 0 Å². The van der Waals surface area contributed by atoms with Gasteiger partial charge in [0.1, 0.15) is 0 Å². The van der Waals surface area contributed by atoms with E-state index in [9.17, 15) is 22.8 Å². The topological polar surface area (TPSA) is 110 Å². The third kappa shape index (κ3) is 4.85. The zero-order valence-corrected chi connectivity index (χ0v) is 17.4. The summed E-state index contributed by atoms with van der Waals surface area (Å²) in [4.78, 5) is 38.5. The molecular formula is C19H30N2O6S. The second-order valence-electron chi connectivity index (χ2n) is 8.56. The first kappa shape index (κ1) is 21.1. The molecule has 2 amide bonds. The van der Waals surface area contributed by atoms with Crippen molar-refractivity contribution < 1.29 is 27.5 Å². The SMILES string of the molecule is C[C@@H]1[C@H](C)CCC[C@@H]1N1C[C@H](C(=O)OCC(=O)N[C@@H]2CCS(=O)(=O)C2)CC1=O. The molecule has 1 aliphatic carbocycles. The van der Waals surface area contributed by atoms with Crippen LogP contribution in [0.15, 0.2) is 0 Å². The Morgan fingerprint density at radius 3 is 2.64 bits per heavy atom. The van der Waals surface area contributed by atoms with Gasteiger partial charge < -0.3 is 15.0 Å². The van der Waals surface area contributed by atoms with Crippen LogP contribution in [-0.4, -0.2) is 67.8 Å². The maximum atomic E-state index is 12.5. The Hall–Kier alpha value is -1.64. The fraction of sp³-hybridized carbons (Fsp3) is 0.842. The smallest absolute Gasteiger partial charge is 0.311 e. The number of ether oxygens (including phenoxy) is 1. The number of carbonyl (C=O) groups excluding carboxylic acids is 3. The van der Waals surface area contributed by atoms with E-state index >= 15 is 0 Å². The summed E-state index contributed by atoms with van der Waals surface area (Å²) in [5, 5.41) is 2.59. The molecule has 0 unspecified atom stereocenters. The number of sulfone groups is 1. The first-order chi connectivity index (χ1) is 13.2. The molecular weight excluding hydrogens is 384 g/mol. The Balaban J connectivity index is 1.46. The van der Waals surface area contributed by atoms with Crippen LogP contribution in [0, 0.1) is 17.8 Å². The molecule has 1 saturated carbocycles. The van der Waals surface area contributed by atoms with E-state index in [4.69, 9.17) is 4.74 Å². The Morgan fingerprint density at radius 1 is 1.21 bits per heavy atom. The maximum absolute atomic E-state index is 12.5. The van der Waals surface area contributed by atoms with Crippen LogP contribution in [0.3, 0.4) is 0 Å². The van der Waals surface area contributed by atoms with Gasteiger partial charge in [0.2, 0.25) is 5.91 Å². The fourth-order valence-electron chi connectivity index (χ4n) is 4.64. The predicted octanol–water partition coefficient (Wildman–Crippen LogP) is 0.506. The first-order valence-corrected chi connectivity index (χ1v) is 11.9. The highest BCUT2D eigenvalue weighted by Crippen LogP contribution is 2.35. The summed E-state index contributed by atoms with van der Waals surface area (Å²) in [5.41, 5.74) is 0. The highest BCUT2D eigenvalue weighted by molar-refractivity contribution is 7.91. The van der Waals surface area contributed by atoms with Crippen LogP contribution >= 0.6 is 0 Å². The monoisotopic (exact) mass is 414 g/mol. The lowest BCUT2D eigenvalue weighted by Crippen LogP contribution is -2.45. The van der Waals surface area contributed by atoms with Gasteiger partial charge in [-0.2, -0.15) is 0 Å². The van der Waals surface area contributed by atoms with E-state index in [1.165, 1.54) is 6.42 Å². The summed E-state index contributed by atoms with van der Waals surface area (Å²) in [5.74, 6) is -0.660. The number of rotatable bonds is 5. The third-order valence-corrected chi connectivity index (χ3v) is 8.27. The van der Waals surface area contributed by atoms with E-state index in [1.54, 1.807) is 0 Å². The molecule has 3 fully saturated rings. The fourth-order valence-corrected chi connectivity index (χ4v) is 6.31. The quantitative estimate of drug-likeness (QED) is 0.656. The number of likely N-dealkylation sites (tertiary alicyclic amines) is 1. The highest BCUT2D eigenvalue weighted by atomic mass is 32.2. The molecule has 2 aliphatic heterocycles. The van der Waals surface area contributed by atoms with Crippen molar-refractivity contribution >= 4 is 27.6 Å². The van der Waals surface area contributed by atoms with Crippen molar-refractivity contribution in [1.82, 2.24) is 10.2 Å². The van der Waals surface area contributed by atoms with E-state index in [2.05, 4.69) is 19.2 Å². The van der Waals surface area contributed by atoms with E-state index < -0.39 is 40.3 Å². The second kappa shape index (κ2) is 8.39. The molecule has 0 aromatic heterocycles. The number of hydrogen-bond donors (Lipinski definition) is 1. The van der Waals surface area contributed by atoms with Gasteiger partial charge in [0, 0.05) is 25.0 Å². The molecule has 5 atom stereocenters. The van der Waals surface area contributed by atoms with Crippen molar-refractivity contribution in [2.24, 2.45) is 17.8 Å². The largest absolute Gasteiger partial charge is 0.455 e. The Bertz CT molecular complexity index is 737. The van der Waals surface area contributed by atoms with Gasteiger partial charge in [-0.25, -0.2) is 8.42 Å². The lowest BCUT2D eigenvalue weighted by atomic mass is 9.77. The number of esters is 1. The summed E-state index contributed by atoms with van der Waals surface area (Å²) in [6.07, 6.45) is 3.73. The minimum atomic E-state index is -3.08. The summed E-state index contributed by atoms with van der Waals surface area (Å²) >= 11 is 0. The van der Waals surface area contributed by atoms with E-state index in [-0.39, 0.29) is 29.9 Å². The van der Waals surface area contributed by atoms with Crippen LogP contribution in [0.4, 0.5) is 0 Å². The standard InChI is InChI=1S/C19H30N2O6S/c1-12-4-3-5-16(13(12)2)21-9-14(8-18(21)23)19(24)27-10-17(22)20-15-6-7-28(25,26)11-15/h12-16H,3-11H2,1-2H3,(H,20,22)/t12-,13-,14-,15-,16+/m1/s1. The van der Waals surface area contributed by atoms with Crippen LogP contribution < -0.4 is 5.32 Å². The van der Waals surface area contributed by atoms with Crippen molar-refractivity contribution in [1.29, 1.82) is 0 Å². The minimum absolute atomic E-state index is 0.0199. The minimum Gasteiger partial charge on any atom is -0.455 e. The van der Waals surface area contributed by atoms with Crippen molar-refractivity contribution in [3.8, 4) is 0 Å². The molecule has 8 nitrogen and oxygen atoms in total. The van der Waals surface area contributed by atoms with Crippen LogP contribution in [0.1, 0.15) is 46.0 Å². The van der Waals surface area contributed by atoms with Crippen LogP contribution in [-0.2, 0) is 29.0 Å². The molecule has 28 heavy (non-hydrogen) atoms. The molecule has 3 rings (SSSR count). The Kier molecular flexibility index (Phi) is 6.31. The van der Waals surface area contributed by atoms with E-state index in [1.807, 2.05) is 4.90 Å². The maximum Gasteiger partial charge on any atom is 0.311 e. The number of hydrogen-bond acceptors (Lipinski definition) is 6. The molecule has 2 saturated heterocycles. The number of amides is 2. The van der Waals surface area contributed by atoms with Gasteiger partial charge >= 0.3 is 5.97 Å². The molecule has 3 aliphatic rings. The first-order valence-electron chi connectivity index (χ1n) is 10.1. The van der Waals surface area contributed by atoms with Gasteiger partial charge in [-0.1, -0.05) is 26.7 Å². The third-order valence-electron chi connectivity index (χ3n) is 6.50. The van der Waals surface area contributed by atoms with Crippen LogP contribution in [0.25, 0.3) is 0 Å². The normalized spacial score (nSPS) is 35.0. The average molecular weight is 415 g/mol. The summed E-state index contributed by atoms with van der Waals surface area (Å²) < 4.78 is 28.0. The predicted molar refractivity (Wildman–Crippen MR) is 102 cm³/mol. The molecule has 0 bridgehead atoms. The summed E-state index contributed by atoms with van der Waals surface area (Å²) in [6, 6.07) is -0.254. The van der Waals surface area contributed by atoms with Crippen molar-refractivity contribution in [3.63, 3.8) is 0 Å². The average Bonchev–Trinajstić information content (AvgIpc) is 3.17. The zero-order valence-electron chi connectivity index (χ0n) is 16.6. The number of carbonyl (C=O) groups is 3. The van der Waals surface area contributed by atoms with Gasteiger partial charge in [0.25, 0.3) is 5.91 Å². The molecule has 0 aromatic rings. The van der Waals surface area contributed by atoms with Gasteiger partial charge in [-0.3, -0.25) is 14.4 Å². The van der Waals surface area contributed by atoms with Gasteiger partial charge in [0.05, 0.1) is 17.4 Å². The molecule has 9 heteroatoms. The van der Waals surface area contributed by atoms with Crippen molar-refractivity contribution in [2.75, 3.05) is 24.7 Å². The van der Waals surface area contributed by atoms with Gasteiger partial charge in [-0.15, -0.1) is 0 Å². The van der Waals surface area contributed by atoms with Gasteiger partial charge in [-0.05, 0) is 24.7 Å². The summed E-state index contributed by atoms with van der Waals surface area (Å²) in [7, 11) is -3.08. The van der Waals surface area contributed by atoms with E-state index in [0.717, 1.165) is 12.8 Å². The van der Waals surface area contributed by atoms with Gasteiger partial charge in [0.15, 0.2) is 16.4 Å². The van der Waals surface area contributed by atoms with E-state index in [0.29, 0.717) is 24.8 Å². The van der Waals surface area contributed by atoms with Crippen molar-refractivity contribution in [2.45, 2.75) is 58.0 Å². The molecule has 1 N–H and O–H groups in total. The summed E-state index contributed by atoms with van der Waals surface area (Å²) in [6.45, 7) is 4.27. The number of nitrogens with one attached hydrogen (secondary N) is 1. The molecule has 2 heterocycles. The highest BCUT2D eigenvalue weighted by Gasteiger charge is 2.42. The molecule has 0 spiro atoms. The Morgan fingerprint density at radius 2 is 1.96 bits per heavy atom. The lowest BCUT2D eigenvalue weighted by Gasteiger charge is -2.39. The number of nitrogens with zero attached hydrogens (tertiary/aromatic N) is 1. The zero-order chi connectivity index (χ0) is 20.5. The van der Waals surface area contributed by atoms with Crippen LogP contribution in [0.5, 0.6) is 0 Å². The molecule has 158 valence electrons. The second-order valence-corrected chi connectivity index (χ2v) is 10.8. The molecule has 0 aromatic carbocycles. The Labute approximate surface area is 166 Å².